The van der Waals surface area contributed by atoms with Crippen LogP contribution in [0.2, 0.25) is 19.6 Å². The molecule has 0 aliphatic rings. The van der Waals surface area contributed by atoms with E-state index in [4.69, 9.17) is 0 Å². The maximum Gasteiger partial charge on any atom is 0.164 e. The average molecular weight is 2280 g/mol. The van der Waals surface area contributed by atoms with Gasteiger partial charge in [0, 0.05) is 157 Å². The van der Waals surface area contributed by atoms with Crippen LogP contribution in [0.25, 0.3) is 98.4 Å². The summed E-state index contributed by atoms with van der Waals surface area (Å²) in [5.41, 5.74) is 9.79. The third-order valence-electron chi connectivity index (χ3n) is 26.1. The van der Waals surface area contributed by atoms with E-state index >= 15 is 4.39 Å². The number of carbonyl (C=O) groups excluding carboxylic acids is 3. The molecule has 0 amide bonds. The number of pyridine rings is 3. The first-order valence-electron chi connectivity index (χ1n) is 43.8. The summed E-state index contributed by atoms with van der Waals surface area (Å²) in [6.07, 6.45) is 17.6. The Labute approximate surface area is 794 Å². The Balaban J connectivity index is 0.000000322. The predicted molar refractivity (Wildman–Crippen MR) is 512 cm³/mol. The van der Waals surface area contributed by atoms with Gasteiger partial charge in [-0.25, -0.2) is 22.0 Å². The van der Waals surface area contributed by atoms with E-state index < -0.39 is 31.3 Å². The van der Waals surface area contributed by atoms with Crippen LogP contribution in [-0.2, 0) is 74.7 Å². The van der Waals surface area contributed by atoms with Gasteiger partial charge < -0.3 is 30.3 Å². The Kier molecular flexibility index (Phi) is 40.8. The summed E-state index contributed by atoms with van der Waals surface area (Å²) in [5, 5.41) is 39.3. The smallest absolute Gasteiger partial charge is 0.164 e. The minimum absolute atomic E-state index is 0. The summed E-state index contributed by atoms with van der Waals surface area (Å²) in [4.78, 5) is 49.8. The molecule has 687 valence electrons. The van der Waals surface area contributed by atoms with Gasteiger partial charge in [-0.2, -0.15) is 0 Å². The van der Waals surface area contributed by atoms with Crippen LogP contribution in [0.4, 0.5) is 22.0 Å². The molecule has 0 spiro atoms. The van der Waals surface area contributed by atoms with Gasteiger partial charge in [0.25, 0.3) is 0 Å². The summed E-state index contributed by atoms with van der Waals surface area (Å²) in [7, 11) is -1.73. The van der Waals surface area contributed by atoms with Crippen LogP contribution >= 0.6 is 0 Å². The Bertz CT molecular complexity index is 5850. The van der Waals surface area contributed by atoms with Crippen molar-refractivity contribution < 1.29 is 112 Å². The number of ketones is 3. The van der Waals surface area contributed by atoms with Crippen molar-refractivity contribution in [1.29, 1.82) is 0 Å². The molecule has 3 radical (unpaired) electrons. The number of benzene rings is 9. The number of rotatable bonds is 23. The van der Waals surface area contributed by atoms with Crippen molar-refractivity contribution in [3.05, 3.63) is 262 Å². The standard InChI is InChI=1S/C24H23FNSi.2C21H14F2N.2C15H28O2.C13H24O2.3Ir/c1-15-12-16(2)14-17(13-15)24-21-7-6-20-18(19(21)10-11-26-24)8-9-22(23(20)25)27(3,4)5;1-12-7-13(2)9-14(8-12)21-18-4-3-17-19(16(18)5-6-24-21)10-15(22)11-20(17)23;1-12-9-13(2)11-14(10-12)21-16-3-4-17-18(22)5-6-19(23)20(17)15(16)7-8-24-21;2*1-7-14(5,8-2)12(16)11-13(17)15(6,9-3)10-4;1-7-12(3,4)10(14)9-11(15)13(5,6)8-2;;;/h6-13H,1-5H3;3-8,10-11H,1-2H3;3-10H,1-2H3;2*11,16H,7-10H2,1-6H3;9,14H,7-8H2,1-6H3;;;/q3*-1;;;;;;. The van der Waals surface area contributed by atoms with Crippen molar-refractivity contribution in [2.75, 3.05) is 0 Å². The second kappa shape index (κ2) is 46.8. The molecule has 0 atom stereocenters. The second-order valence-corrected chi connectivity index (χ2v) is 41.7. The minimum atomic E-state index is -1.73. The van der Waals surface area contributed by atoms with Crippen molar-refractivity contribution in [1.82, 2.24) is 15.0 Å². The van der Waals surface area contributed by atoms with Crippen molar-refractivity contribution >= 4 is 95.2 Å². The summed E-state index contributed by atoms with van der Waals surface area (Å²) >= 11 is 0. The maximum absolute atomic E-state index is 15.2. The van der Waals surface area contributed by atoms with E-state index in [1.54, 1.807) is 42.7 Å². The SMILES string of the molecule is CCC(C)(C)C(=O)C=C(O)C(C)(C)CC.CCC(C)(CC)C(=O)C=C(O)C(C)(CC)CC.CCC(C)(CC)C(=O)C=C(O)C(C)(CC)CC.Cc1[c-]c(-c2nccc3c2ccc2c(F)c([Si](C)(C)C)ccc23)cc(C)c1.Cc1[c-]c(-c2nccc3c2ccc2c(F)cc(F)cc23)cc(C)c1.Cc1[c-]c(-c2nccc3c2ccc2c(F)ccc(F)c23)cc(C)c1.[Ir].[Ir].[Ir]. The van der Waals surface area contributed by atoms with Gasteiger partial charge in [-0.1, -0.05) is 234 Å². The van der Waals surface area contributed by atoms with Crippen LogP contribution in [-0.4, -0.2) is 55.7 Å². The summed E-state index contributed by atoms with van der Waals surface area (Å²) < 4.78 is 71.4. The van der Waals surface area contributed by atoms with Gasteiger partial charge in [-0.05, 0) is 166 Å². The number of aromatic nitrogens is 3. The summed E-state index contributed by atoms with van der Waals surface area (Å²) in [6.45, 7) is 54.5. The molecule has 0 unspecified atom stereocenters. The number of aryl methyl sites for hydroxylation is 6. The molecule has 18 heteroatoms. The minimum Gasteiger partial charge on any atom is -0.512 e. The number of fused-ring (bicyclic) bond motifs is 9. The van der Waals surface area contributed by atoms with Crippen LogP contribution in [0.5, 0.6) is 0 Å². The van der Waals surface area contributed by atoms with Crippen LogP contribution in [0.1, 0.15) is 222 Å². The molecule has 0 aliphatic heterocycles. The zero-order chi connectivity index (χ0) is 92.7. The second-order valence-electron chi connectivity index (χ2n) is 36.7. The van der Waals surface area contributed by atoms with E-state index in [1.807, 2.05) is 214 Å². The first-order valence-corrected chi connectivity index (χ1v) is 47.3. The molecule has 12 rings (SSSR count). The predicted octanol–water partition coefficient (Wildman–Crippen LogP) is 30.8. The number of hydrogen-bond acceptors (Lipinski definition) is 9. The van der Waals surface area contributed by atoms with Crippen LogP contribution in [0, 0.1) is 121 Å². The first kappa shape index (κ1) is 111. The van der Waals surface area contributed by atoms with E-state index in [0.717, 1.165) is 175 Å². The Morgan fingerprint density at radius 3 is 1.03 bits per heavy atom. The van der Waals surface area contributed by atoms with Crippen LogP contribution < -0.4 is 5.19 Å². The third-order valence-corrected chi connectivity index (χ3v) is 28.1. The quantitative estimate of drug-likeness (QED) is 0.0142. The van der Waals surface area contributed by atoms with Gasteiger partial charge >= 0.3 is 0 Å². The first-order chi connectivity index (χ1) is 58.1. The number of aliphatic hydroxyl groups is 3. The van der Waals surface area contributed by atoms with Gasteiger partial charge in [0.2, 0.25) is 0 Å². The fraction of sp³-hybridized carbons (Fsp3) is 0.394. The molecule has 3 aromatic heterocycles. The molecule has 3 heterocycles. The molecule has 0 aliphatic carbocycles. The number of hydrogen-bond donors (Lipinski definition) is 3. The summed E-state index contributed by atoms with van der Waals surface area (Å²) in [6, 6.07) is 47.4. The van der Waals surface area contributed by atoms with Gasteiger partial charge in [-0.3, -0.25) is 14.4 Å². The maximum atomic E-state index is 15.2. The van der Waals surface area contributed by atoms with Crippen molar-refractivity contribution in [3.63, 3.8) is 0 Å². The molecule has 0 fully saturated rings. The van der Waals surface area contributed by atoms with Crippen LogP contribution in [0.15, 0.2) is 181 Å². The Hall–Kier alpha value is -8.57. The van der Waals surface area contributed by atoms with Crippen molar-refractivity contribution in [2.45, 2.75) is 250 Å². The Morgan fingerprint density at radius 1 is 0.339 bits per heavy atom. The number of halogens is 5. The number of allylic oxidation sites excluding steroid dienone is 6. The zero-order valence-electron chi connectivity index (χ0n) is 79.5. The molecule has 0 saturated heterocycles. The van der Waals surface area contributed by atoms with Gasteiger partial charge in [0.05, 0.1) is 8.07 Å². The molecule has 127 heavy (non-hydrogen) atoms. The van der Waals surface area contributed by atoms with Gasteiger partial charge in [-0.15, -0.1) is 105 Å². The fourth-order valence-corrected chi connectivity index (χ4v) is 16.0. The normalized spacial score (nSPS) is 12.2. The zero-order valence-corrected chi connectivity index (χ0v) is 87.6. The molecular formula is C109H131F5Ir3N3O6Si-3. The molecule has 9 aromatic carbocycles. The largest absolute Gasteiger partial charge is 0.512 e. The van der Waals surface area contributed by atoms with Gasteiger partial charge in [0.15, 0.2) is 17.3 Å². The number of carbonyl (C=O) groups is 3. The van der Waals surface area contributed by atoms with Gasteiger partial charge in [0.1, 0.15) is 46.4 Å². The topological polar surface area (TPSA) is 151 Å². The van der Waals surface area contributed by atoms with E-state index in [2.05, 4.69) is 84.0 Å². The van der Waals surface area contributed by atoms with E-state index in [9.17, 15) is 47.3 Å². The molecule has 12 aromatic rings. The molecule has 0 bridgehead atoms. The van der Waals surface area contributed by atoms with E-state index in [-0.39, 0.29) is 139 Å². The van der Waals surface area contributed by atoms with Crippen molar-refractivity contribution in [2.24, 2.45) is 32.5 Å². The van der Waals surface area contributed by atoms with E-state index in [1.165, 1.54) is 35.9 Å². The monoisotopic (exact) mass is 2280 g/mol. The number of aliphatic hydroxyl groups excluding tert-OH is 3. The average Bonchev–Trinajstić information content (AvgIpc) is 0.761. The summed E-state index contributed by atoms with van der Waals surface area (Å²) in [5.74, 6) is -1.29. The molecule has 3 N–H and O–H groups in total. The number of nitrogens with zero attached hydrogens (tertiary/aromatic N) is 3. The molecule has 9 nitrogen and oxygen atoms in total. The van der Waals surface area contributed by atoms with E-state index in [0.29, 0.717) is 26.9 Å². The third kappa shape index (κ3) is 26.6. The van der Waals surface area contributed by atoms with Crippen molar-refractivity contribution in [3.8, 4) is 33.8 Å². The molecular weight excluding hydrogens is 2150 g/mol. The Morgan fingerprint density at radius 2 is 0.661 bits per heavy atom. The molecule has 0 saturated carbocycles. The van der Waals surface area contributed by atoms with Crippen LogP contribution in [0.3, 0.4) is 0 Å². The fourth-order valence-electron chi connectivity index (χ4n) is 14.6.